The number of hydrogen-bond donors (Lipinski definition) is 1. The van der Waals surface area contributed by atoms with Crippen LogP contribution in [0.15, 0.2) is 12.1 Å². The van der Waals surface area contributed by atoms with Gasteiger partial charge in [-0.15, -0.1) is 5.56 Å². The van der Waals surface area contributed by atoms with E-state index in [1.54, 1.807) is 0 Å². The smallest absolute Gasteiger partial charge is 0.305 e. The number of carboxylic acids is 1. The van der Waals surface area contributed by atoms with Crippen molar-refractivity contribution in [1.29, 1.82) is 0 Å². The minimum atomic E-state index is -0.806. The molecule has 0 aliphatic rings. The molecule has 0 spiro atoms. The average molecular weight is 347 g/mol. The van der Waals surface area contributed by atoms with E-state index < -0.39 is 5.97 Å². The molecule has 3 heteroatoms. The molecule has 2 nitrogen and oxygen atoms in total. The van der Waals surface area contributed by atoms with Crippen molar-refractivity contribution in [2.24, 2.45) is 0 Å². The van der Waals surface area contributed by atoms with E-state index in [2.05, 4.69) is 6.07 Å². The van der Waals surface area contributed by atoms with Crippen LogP contribution in [0, 0.1) is 19.9 Å². The molecule has 0 aromatic heterocycles. The molecule has 70 valence electrons. The predicted octanol–water partition coefficient (Wildman–Crippen LogP) is 1.73. The molecule has 0 atom stereocenters. The van der Waals surface area contributed by atoms with Gasteiger partial charge in [0.2, 0.25) is 0 Å². The third-order valence-corrected chi connectivity index (χ3v) is 1.74. The first kappa shape index (κ1) is 12.4. The van der Waals surface area contributed by atoms with Crippen molar-refractivity contribution in [3.63, 3.8) is 0 Å². The fourth-order valence-corrected chi connectivity index (χ4v) is 1.06. The molecular formula is C10H11O2W-. The summed E-state index contributed by atoms with van der Waals surface area (Å²) in [6.45, 7) is 3.80. The summed E-state index contributed by atoms with van der Waals surface area (Å²) >= 11 is 0. The normalized spacial score (nSPS) is 9.08. The zero-order chi connectivity index (χ0) is 9.14. The number of aliphatic carboxylic acids is 1. The minimum absolute atomic E-state index is 0. The first-order chi connectivity index (χ1) is 5.59. The number of hydrogen-bond acceptors (Lipinski definition) is 1. The Kier molecular flexibility index (Phi) is 4.93. The summed E-state index contributed by atoms with van der Waals surface area (Å²) < 4.78 is 0. The molecule has 0 saturated carbocycles. The van der Waals surface area contributed by atoms with E-state index >= 15 is 0 Å². The van der Waals surface area contributed by atoms with Crippen LogP contribution in [-0.2, 0) is 32.3 Å². The van der Waals surface area contributed by atoms with Gasteiger partial charge < -0.3 is 5.11 Å². The van der Waals surface area contributed by atoms with Crippen molar-refractivity contribution in [1.82, 2.24) is 0 Å². The van der Waals surface area contributed by atoms with E-state index in [0.717, 1.165) is 16.7 Å². The molecule has 0 saturated heterocycles. The second-order valence-corrected chi connectivity index (χ2v) is 2.87. The van der Waals surface area contributed by atoms with E-state index in [9.17, 15) is 4.79 Å². The van der Waals surface area contributed by atoms with Crippen molar-refractivity contribution in [2.75, 3.05) is 0 Å². The Labute approximate surface area is 92.2 Å². The third kappa shape index (κ3) is 3.73. The van der Waals surface area contributed by atoms with Crippen molar-refractivity contribution in [2.45, 2.75) is 20.3 Å². The van der Waals surface area contributed by atoms with Crippen LogP contribution in [0.25, 0.3) is 0 Å². The van der Waals surface area contributed by atoms with Crippen LogP contribution in [0.5, 0.6) is 0 Å². The van der Waals surface area contributed by atoms with Gasteiger partial charge in [0.15, 0.2) is 0 Å². The zero-order valence-electron chi connectivity index (χ0n) is 7.63. The van der Waals surface area contributed by atoms with Crippen LogP contribution in [0.4, 0.5) is 0 Å². The van der Waals surface area contributed by atoms with Crippen LogP contribution >= 0.6 is 0 Å². The maximum atomic E-state index is 10.4. The minimum Gasteiger partial charge on any atom is -0.481 e. The van der Waals surface area contributed by atoms with Gasteiger partial charge in [0, 0.05) is 27.5 Å². The standard InChI is InChI=1S/C10H11O2.W/c1-7-3-4-8(2)9(5-7)6-10(11)12;/h3-4H,6H2,1-2H3,(H,11,12);/q-1;. The number of aryl methyl sites for hydroxylation is 2. The average Bonchev–Trinajstić information content (AvgIpc) is 1.96. The molecule has 0 heterocycles. The van der Waals surface area contributed by atoms with Crippen molar-refractivity contribution in [3.05, 3.63) is 34.9 Å². The van der Waals surface area contributed by atoms with Crippen molar-refractivity contribution in [3.8, 4) is 0 Å². The fourth-order valence-electron chi connectivity index (χ4n) is 1.06. The van der Waals surface area contributed by atoms with Crippen molar-refractivity contribution < 1.29 is 31.0 Å². The van der Waals surface area contributed by atoms with Gasteiger partial charge in [-0.1, -0.05) is 13.8 Å². The van der Waals surface area contributed by atoms with Crippen LogP contribution in [0.2, 0.25) is 0 Å². The van der Waals surface area contributed by atoms with E-state index in [0.29, 0.717) is 0 Å². The maximum Gasteiger partial charge on any atom is 0.305 e. The molecule has 0 bridgehead atoms. The molecule has 0 amide bonds. The SMILES string of the molecule is Cc1[c-]c(CC(=O)O)c(C)cc1.[W]. The van der Waals surface area contributed by atoms with Crippen LogP contribution in [0.3, 0.4) is 0 Å². The number of rotatable bonds is 2. The summed E-state index contributed by atoms with van der Waals surface area (Å²) in [5.41, 5.74) is 2.75. The molecular weight excluding hydrogens is 336 g/mol. The first-order valence-electron chi connectivity index (χ1n) is 3.80. The molecule has 0 fully saturated rings. The van der Waals surface area contributed by atoms with Gasteiger partial charge in [0.25, 0.3) is 0 Å². The topological polar surface area (TPSA) is 37.3 Å². The molecule has 0 unspecified atom stereocenters. The molecule has 13 heavy (non-hydrogen) atoms. The Morgan fingerprint density at radius 1 is 1.46 bits per heavy atom. The summed E-state index contributed by atoms with van der Waals surface area (Å²) in [6.07, 6.45) is 0.0630. The summed E-state index contributed by atoms with van der Waals surface area (Å²) in [5, 5.41) is 8.56. The Morgan fingerprint density at radius 2 is 2.08 bits per heavy atom. The van der Waals surface area contributed by atoms with E-state index in [4.69, 9.17) is 5.11 Å². The molecule has 1 N–H and O–H groups in total. The monoisotopic (exact) mass is 347 g/mol. The van der Waals surface area contributed by atoms with E-state index in [1.165, 1.54) is 0 Å². The van der Waals surface area contributed by atoms with Gasteiger partial charge in [0.1, 0.15) is 0 Å². The Bertz CT molecular complexity index is 308. The molecule has 1 rings (SSSR count). The first-order valence-corrected chi connectivity index (χ1v) is 3.80. The molecule has 0 aliphatic carbocycles. The largest absolute Gasteiger partial charge is 0.481 e. The van der Waals surface area contributed by atoms with Crippen LogP contribution < -0.4 is 0 Å². The molecule has 0 radical (unpaired) electrons. The summed E-state index contributed by atoms with van der Waals surface area (Å²) in [6, 6.07) is 6.88. The number of carbonyl (C=O) groups is 1. The Balaban J connectivity index is 0.00000144. The summed E-state index contributed by atoms with van der Waals surface area (Å²) in [7, 11) is 0. The number of benzene rings is 1. The predicted molar refractivity (Wildman–Crippen MR) is 46.1 cm³/mol. The Hall–Kier alpha value is -0.622. The van der Waals surface area contributed by atoms with Crippen LogP contribution in [-0.4, -0.2) is 11.1 Å². The van der Waals surface area contributed by atoms with E-state index in [1.807, 2.05) is 26.0 Å². The van der Waals surface area contributed by atoms with Crippen LogP contribution in [0.1, 0.15) is 16.7 Å². The van der Waals surface area contributed by atoms with Gasteiger partial charge in [-0.3, -0.25) is 4.79 Å². The third-order valence-electron chi connectivity index (χ3n) is 1.74. The molecule has 0 aliphatic heterocycles. The Morgan fingerprint density at radius 3 is 2.62 bits per heavy atom. The maximum absolute atomic E-state index is 10.4. The van der Waals surface area contributed by atoms with Gasteiger partial charge in [-0.05, 0) is 0 Å². The van der Waals surface area contributed by atoms with Crippen molar-refractivity contribution >= 4 is 5.97 Å². The summed E-state index contributed by atoms with van der Waals surface area (Å²) in [4.78, 5) is 10.4. The molecule has 1 aromatic carbocycles. The summed E-state index contributed by atoms with van der Waals surface area (Å²) in [5.74, 6) is -0.806. The van der Waals surface area contributed by atoms with Gasteiger partial charge in [0.05, 0.1) is 0 Å². The quantitative estimate of drug-likeness (QED) is 0.828. The van der Waals surface area contributed by atoms with Gasteiger partial charge >= 0.3 is 5.97 Å². The van der Waals surface area contributed by atoms with Gasteiger partial charge in [-0.2, -0.15) is 29.3 Å². The molecule has 1 aromatic rings. The zero-order valence-corrected chi connectivity index (χ0v) is 10.6. The van der Waals surface area contributed by atoms with E-state index in [-0.39, 0.29) is 27.5 Å². The van der Waals surface area contributed by atoms with Gasteiger partial charge in [-0.25, -0.2) is 0 Å². The number of carboxylic acid groups (broad SMARTS) is 1. The fraction of sp³-hybridized carbons (Fsp3) is 0.300. The second kappa shape index (κ2) is 5.18. The second-order valence-electron chi connectivity index (χ2n) is 2.87.